The van der Waals surface area contributed by atoms with Crippen LogP contribution in [0.15, 0.2) is 12.8 Å². The van der Waals surface area contributed by atoms with Crippen LogP contribution in [0.1, 0.15) is 46.0 Å². The van der Waals surface area contributed by atoms with Gasteiger partial charge in [-0.3, -0.25) is 0 Å². The lowest BCUT2D eigenvalue weighted by Crippen LogP contribution is -2.39. The zero-order valence-electron chi connectivity index (χ0n) is 8.47. The predicted octanol–water partition coefficient (Wildman–Crippen LogP) is 3.17. The molecule has 0 spiro atoms. The second-order valence-electron chi connectivity index (χ2n) is 3.81. The topological polar surface area (TPSA) is 3.24 Å². The van der Waals surface area contributed by atoms with Gasteiger partial charge in [-0.15, -0.1) is 0 Å². The van der Waals surface area contributed by atoms with Crippen molar-refractivity contribution >= 4 is 0 Å². The summed E-state index contributed by atoms with van der Waals surface area (Å²) in [7, 11) is 0. The third-order valence-electron chi connectivity index (χ3n) is 3.24. The van der Waals surface area contributed by atoms with E-state index in [1.807, 2.05) is 6.20 Å². The zero-order valence-corrected chi connectivity index (χ0v) is 8.47. The fourth-order valence-electron chi connectivity index (χ4n) is 2.53. The summed E-state index contributed by atoms with van der Waals surface area (Å²) in [4.78, 5) is 2.45. The Kier molecular flexibility index (Phi) is 3.19. The van der Waals surface area contributed by atoms with Crippen molar-refractivity contribution < 1.29 is 0 Å². The summed E-state index contributed by atoms with van der Waals surface area (Å²) < 4.78 is 0. The minimum atomic E-state index is 0.469. The molecule has 1 fully saturated rings. The van der Waals surface area contributed by atoms with E-state index >= 15 is 0 Å². The summed E-state index contributed by atoms with van der Waals surface area (Å²) in [6, 6.07) is 0. The molecule has 70 valence electrons. The maximum atomic E-state index is 3.89. The Morgan fingerprint density at radius 3 is 2.75 bits per heavy atom. The minimum Gasteiger partial charge on any atom is -0.372 e. The molecule has 0 N–H and O–H groups in total. The van der Waals surface area contributed by atoms with Crippen molar-refractivity contribution in [3.63, 3.8) is 0 Å². The van der Waals surface area contributed by atoms with Gasteiger partial charge in [0.05, 0.1) is 0 Å². The first-order chi connectivity index (χ1) is 5.79. The maximum Gasteiger partial charge on any atom is 0.0394 e. The third-order valence-corrected chi connectivity index (χ3v) is 3.24. The van der Waals surface area contributed by atoms with Crippen LogP contribution in [0.3, 0.4) is 0 Å². The van der Waals surface area contributed by atoms with E-state index in [1.54, 1.807) is 0 Å². The molecule has 0 aromatic heterocycles. The van der Waals surface area contributed by atoms with Gasteiger partial charge in [-0.25, -0.2) is 0 Å². The average Bonchev–Trinajstić information content (AvgIpc) is 2.49. The zero-order chi connectivity index (χ0) is 9.03. The van der Waals surface area contributed by atoms with Gasteiger partial charge in [0.15, 0.2) is 0 Å². The van der Waals surface area contributed by atoms with Crippen molar-refractivity contribution in [2.75, 3.05) is 6.54 Å². The van der Waals surface area contributed by atoms with E-state index in [9.17, 15) is 0 Å². The number of nitrogens with zero attached hydrogens (tertiary/aromatic N) is 1. The number of likely N-dealkylation sites (tertiary alicyclic amines) is 1. The molecule has 1 atom stereocenters. The normalized spacial score (nSPS) is 29.3. The number of rotatable bonds is 4. The Bertz CT molecular complexity index is 153. The number of hydrogen-bond donors (Lipinski definition) is 0. The largest absolute Gasteiger partial charge is 0.372 e. The number of hydrogen-bond acceptors (Lipinski definition) is 1. The Hall–Kier alpha value is -0.460. The molecule has 0 aromatic rings. The molecule has 0 bridgehead atoms. The molecule has 1 heteroatoms. The summed E-state index contributed by atoms with van der Waals surface area (Å²) in [6.45, 7) is 9.69. The van der Waals surface area contributed by atoms with Crippen molar-refractivity contribution in [3.05, 3.63) is 12.8 Å². The van der Waals surface area contributed by atoms with Crippen LogP contribution in [0.5, 0.6) is 0 Å². The third kappa shape index (κ3) is 1.50. The van der Waals surface area contributed by atoms with Gasteiger partial charge >= 0.3 is 0 Å². The Morgan fingerprint density at radius 1 is 1.50 bits per heavy atom. The van der Waals surface area contributed by atoms with Gasteiger partial charge in [0.25, 0.3) is 0 Å². The van der Waals surface area contributed by atoms with Gasteiger partial charge < -0.3 is 4.90 Å². The van der Waals surface area contributed by atoms with Crippen molar-refractivity contribution in [1.82, 2.24) is 4.90 Å². The summed E-state index contributed by atoms with van der Waals surface area (Å²) in [6.07, 6.45) is 8.63. The Balaban J connectivity index is 2.68. The molecule has 12 heavy (non-hydrogen) atoms. The molecule has 1 nitrogen and oxygen atoms in total. The molecular weight excluding hydrogens is 146 g/mol. The van der Waals surface area contributed by atoms with E-state index in [-0.39, 0.29) is 0 Å². The van der Waals surface area contributed by atoms with Crippen LogP contribution in [0.25, 0.3) is 0 Å². The van der Waals surface area contributed by atoms with Crippen LogP contribution < -0.4 is 0 Å². The molecule has 1 rings (SSSR count). The molecule has 1 saturated heterocycles. The first-order valence-corrected chi connectivity index (χ1v) is 5.18. The lowest BCUT2D eigenvalue weighted by atomic mass is 9.88. The predicted molar refractivity (Wildman–Crippen MR) is 54.1 cm³/mol. The second kappa shape index (κ2) is 3.97. The molecule has 1 unspecified atom stereocenters. The van der Waals surface area contributed by atoms with Crippen molar-refractivity contribution in [2.24, 2.45) is 0 Å². The summed E-state index contributed by atoms with van der Waals surface area (Å²) in [5.41, 5.74) is 0.469. The summed E-state index contributed by atoms with van der Waals surface area (Å²) in [5, 5.41) is 0. The molecule has 1 aliphatic rings. The molecule has 0 amide bonds. The van der Waals surface area contributed by atoms with Crippen LogP contribution in [0.2, 0.25) is 0 Å². The smallest absolute Gasteiger partial charge is 0.0394 e. The van der Waals surface area contributed by atoms with E-state index in [0.29, 0.717) is 5.54 Å². The SMILES string of the molecule is C=CN1CCCC1(CC)CCC. The highest BCUT2D eigenvalue weighted by molar-refractivity contribution is 4.98. The molecule has 0 aromatic carbocycles. The first-order valence-electron chi connectivity index (χ1n) is 5.18. The van der Waals surface area contributed by atoms with E-state index in [0.717, 1.165) is 0 Å². The van der Waals surface area contributed by atoms with E-state index < -0.39 is 0 Å². The highest BCUT2D eigenvalue weighted by Crippen LogP contribution is 2.36. The molecule has 1 aliphatic heterocycles. The summed E-state index contributed by atoms with van der Waals surface area (Å²) in [5.74, 6) is 0. The van der Waals surface area contributed by atoms with Crippen LogP contribution in [0.4, 0.5) is 0 Å². The lowest BCUT2D eigenvalue weighted by Gasteiger charge is -2.37. The Labute approximate surface area is 76.5 Å². The molecule has 0 radical (unpaired) electrons. The molecular formula is C11H21N. The minimum absolute atomic E-state index is 0.469. The van der Waals surface area contributed by atoms with Gasteiger partial charge in [0.1, 0.15) is 0 Å². The second-order valence-corrected chi connectivity index (χ2v) is 3.81. The van der Waals surface area contributed by atoms with Crippen LogP contribution in [-0.4, -0.2) is 17.0 Å². The first kappa shape index (κ1) is 9.63. The van der Waals surface area contributed by atoms with Gasteiger partial charge in [0, 0.05) is 12.1 Å². The quantitative estimate of drug-likeness (QED) is 0.621. The standard InChI is InChI=1S/C11H21N/c1-4-8-11(5-2)9-7-10-12(11)6-3/h6H,3-5,7-10H2,1-2H3. The monoisotopic (exact) mass is 167 g/mol. The van der Waals surface area contributed by atoms with Crippen molar-refractivity contribution in [3.8, 4) is 0 Å². The highest BCUT2D eigenvalue weighted by Gasteiger charge is 2.35. The fraction of sp³-hybridized carbons (Fsp3) is 0.818. The van der Waals surface area contributed by atoms with E-state index in [4.69, 9.17) is 0 Å². The highest BCUT2D eigenvalue weighted by atomic mass is 15.2. The van der Waals surface area contributed by atoms with Crippen molar-refractivity contribution in [2.45, 2.75) is 51.5 Å². The molecule has 0 aliphatic carbocycles. The van der Waals surface area contributed by atoms with E-state index in [1.165, 1.54) is 38.6 Å². The molecule has 0 saturated carbocycles. The van der Waals surface area contributed by atoms with Gasteiger partial charge in [-0.1, -0.05) is 26.8 Å². The van der Waals surface area contributed by atoms with Crippen molar-refractivity contribution in [1.29, 1.82) is 0 Å². The average molecular weight is 167 g/mol. The van der Waals surface area contributed by atoms with Gasteiger partial charge in [-0.05, 0) is 31.9 Å². The van der Waals surface area contributed by atoms with Crippen LogP contribution in [0, 0.1) is 0 Å². The van der Waals surface area contributed by atoms with Gasteiger partial charge in [0.2, 0.25) is 0 Å². The fourth-order valence-corrected chi connectivity index (χ4v) is 2.53. The van der Waals surface area contributed by atoms with E-state index in [2.05, 4.69) is 25.3 Å². The maximum absolute atomic E-state index is 3.89. The van der Waals surface area contributed by atoms with Crippen LogP contribution in [-0.2, 0) is 0 Å². The Morgan fingerprint density at radius 2 is 2.25 bits per heavy atom. The van der Waals surface area contributed by atoms with Gasteiger partial charge in [-0.2, -0.15) is 0 Å². The van der Waals surface area contributed by atoms with Crippen LogP contribution >= 0.6 is 0 Å². The molecule has 1 heterocycles. The lowest BCUT2D eigenvalue weighted by molar-refractivity contribution is 0.178. The summed E-state index contributed by atoms with van der Waals surface area (Å²) >= 11 is 0.